The Morgan fingerprint density at radius 3 is 1.82 bits per heavy atom. The molecule has 0 heterocycles. The van der Waals surface area contributed by atoms with Crippen LogP contribution in [0.3, 0.4) is 0 Å². The molecular weight excluding hydrogens is 282 g/mol. The molecule has 0 amide bonds. The molecular formula is C17H21NO4. The highest BCUT2D eigenvalue weighted by molar-refractivity contribution is 5.78. The normalized spacial score (nSPS) is 9.27. The van der Waals surface area contributed by atoms with Gasteiger partial charge in [-0.25, -0.2) is 0 Å². The number of carbonyl (C=O) groups excluding carboxylic acids is 1. The second-order valence-electron chi connectivity index (χ2n) is 4.27. The molecule has 2 aromatic rings. The standard InChI is InChI=1S/C10H12O4.C7H9N/c1-12-8-4-7(6-11)5-9(13-2)10(8)14-3;8-6-7-4-2-1-3-5-7/h4-6H,1-3H3;1-5H,6,8H2. The molecule has 0 saturated carbocycles. The van der Waals surface area contributed by atoms with Gasteiger partial charge < -0.3 is 19.9 Å². The summed E-state index contributed by atoms with van der Waals surface area (Å²) in [6.45, 7) is 0.640. The number of methoxy groups -OCH3 is 3. The van der Waals surface area contributed by atoms with Gasteiger partial charge in [-0.15, -0.1) is 0 Å². The lowest BCUT2D eigenvalue weighted by Gasteiger charge is -2.11. The molecule has 0 saturated heterocycles. The molecule has 5 nitrogen and oxygen atoms in total. The number of rotatable bonds is 5. The Kier molecular flexibility index (Phi) is 7.50. The van der Waals surface area contributed by atoms with Crippen molar-refractivity contribution in [3.8, 4) is 17.2 Å². The molecule has 0 aliphatic rings. The second kappa shape index (κ2) is 9.41. The maximum absolute atomic E-state index is 10.6. The lowest BCUT2D eigenvalue weighted by atomic mass is 10.2. The number of nitrogens with two attached hydrogens (primary N) is 1. The van der Waals surface area contributed by atoms with E-state index >= 15 is 0 Å². The number of benzene rings is 2. The van der Waals surface area contributed by atoms with Crippen molar-refractivity contribution in [1.82, 2.24) is 0 Å². The molecule has 0 bridgehead atoms. The van der Waals surface area contributed by atoms with E-state index in [-0.39, 0.29) is 0 Å². The molecule has 2 aromatic carbocycles. The van der Waals surface area contributed by atoms with Crippen molar-refractivity contribution in [3.63, 3.8) is 0 Å². The van der Waals surface area contributed by atoms with Gasteiger partial charge in [0.15, 0.2) is 11.5 Å². The smallest absolute Gasteiger partial charge is 0.203 e. The number of hydrogen-bond acceptors (Lipinski definition) is 5. The van der Waals surface area contributed by atoms with Crippen molar-refractivity contribution in [2.24, 2.45) is 5.73 Å². The summed E-state index contributed by atoms with van der Waals surface area (Å²) in [5, 5.41) is 0. The molecule has 22 heavy (non-hydrogen) atoms. The van der Waals surface area contributed by atoms with Gasteiger partial charge in [0.25, 0.3) is 0 Å². The molecule has 2 rings (SSSR count). The second-order valence-corrected chi connectivity index (χ2v) is 4.27. The van der Waals surface area contributed by atoms with Crippen LogP contribution in [0.1, 0.15) is 15.9 Å². The van der Waals surface area contributed by atoms with Crippen molar-refractivity contribution in [3.05, 3.63) is 53.6 Å². The molecule has 2 N–H and O–H groups in total. The average molecular weight is 303 g/mol. The Labute approximate surface area is 130 Å². The summed E-state index contributed by atoms with van der Waals surface area (Å²) in [4.78, 5) is 10.6. The summed E-state index contributed by atoms with van der Waals surface area (Å²) in [6.07, 6.45) is 0.727. The van der Waals surface area contributed by atoms with Gasteiger partial charge >= 0.3 is 0 Å². The highest BCUT2D eigenvalue weighted by Gasteiger charge is 2.12. The lowest BCUT2D eigenvalue weighted by Crippen LogP contribution is -1.96. The molecule has 5 heteroatoms. The average Bonchev–Trinajstić information content (AvgIpc) is 2.61. The zero-order valence-electron chi connectivity index (χ0n) is 13.0. The number of carbonyl (C=O) groups is 1. The van der Waals surface area contributed by atoms with Crippen LogP contribution in [0.25, 0.3) is 0 Å². The molecule has 0 unspecified atom stereocenters. The highest BCUT2D eigenvalue weighted by atomic mass is 16.5. The van der Waals surface area contributed by atoms with E-state index in [0.717, 1.165) is 6.29 Å². The van der Waals surface area contributed by atoms with Crippen LogP contribution in [0.2, 0.25) is 0 Å². The first-order valence-electron chi connectivity index (χ1n) is 6.69. The van der Waals surface area contributed by atoms with Crippen LogP contribution in [-0.2, 0) is 6.54 Å². The highest BCUT2D eigenvalue weighted by Crippen LogP contribution is 2.37. The van der Waals surface area contributed by atoms with Crippen molar-refractivity contribution < 1.29 is 19.0 Å². The zero-order valence-corrected chi connectivity index (χ0v) is 13.0. The summed E-state index contributed by atoms with van der Waals surface area (Å²) in [5.41, 5.74) is 7.02. The van der Waals surface area contributed by atoms with E-state index in [1.54, 1.807) is 12.1 Å². The van der Waals surface area contributed by atoms with E-state index in [1.165, 1.54) is 26.9 Å². The van der Waals surface area contributed by atoms with E-state index in [1.807, 2.05) is 30.3 Å². The molecule has 0 aliphatic heterocycles. The maximum atomic E-state index is 10.6. The predicted octanol–water partition coefficient (Wildman–Crippen LogP) is 2.67. The van der Waals surface area contributed by atoms with Crippen LogP contribution in [0, 0.1) is 0 Å². The van der Waals surface area contributed by atoms with E-state index in [2.05, 4.69) is 0 Å². The number of aldehydes is 1. The van der Waals surface area contributed by atoms with Crippen LogP contribution in [0.5, 0.6) is 17.2 Å². The van der Waals surface area contributed by atoms with Gasteiger partial charge in [-0.1, -0.05) is 30.3 Å². The monoisotopic (exact) mass is 303 g/mol. The minimum absolute atomic E-state index is 0.481. The van der Waals surface area contributed by atoms with E-state index in [0.29, 0.717) is 29.4 Å². The summed E-state index contributed by atoms with van der Waals surface area (Å²) in [5.74, 6) is 1.45. The molecule has 0 aromatic heterocycles. The molecule has 0 fully saturated rings. The molecule has 0 spiro atoms. The van der Waals surface area contributed by atoms with E-state index in [9.17, 15) is 4.79 Å². The Hall–Kier alpha value is -2.53. The molecule has 0 radical (unpaired) electrons. The van der Waals surface area contributed by atoms with Gasteiger partial charge in [-0.05, 0) is 17.7 Å². The van der Waals surface area contributed by atoms with Gasteiger partial charge in [-0.2, -0.15) is 0 Å². The molecule has 0 aliphatic carbocycles. The molecule has 118 valence electrons. The van der Waals surface area contributed by atoms with Gasteiger partial charge in [0.05, 0.1) is 21.3 Å². The first kappa shape index (κ1) is 17.5. The largest absolute Gasteiger partial charge is 0.493 e. The number of ether oxygens (including phenoxy) is 3. The van der Waals surface area contributed by atoms with Crippen LogP contribution < -0.4 is 19.9 Å². The Morgan fingerprint density at radius 1 is 0.955 bits per heavy atom. The first-order valence-corrected chi connectivity index (χ1v) is 6.69. The van der Waals surface area contributed by atoms with Gasteiger partial charge in [0.1, 0.15) is 6.29 Å². The predicted molar refractivity (Wildman–Crippen MR) is 85.8 cm³/mol. The third-order valence-corrected chi connectivity index (χ3v) is 2.90. The van der Waals surface area contributed by atoms with Crippen LogP contribution in [0.4, 0.5) is 0 Å². The number of hydrogen-bond donors (Lipinski definition) is 1. The third-order valence-electron chi connectivity index (χ3n) is 2.90. The summed E-state index contributed by atoms with van der Waals surface area (Å²) < 4.78 is 15.2. The zero-order chi connectivity index (χ0) is 16.4. The summed E-state index contributed by atoms with van der Waals surface area (Å²) in [7, 11) is 4.53. The minimum atomic E-state index is 0.481. The lowest BCUT2D eigenvalue weighted by molar-refractivity contribution is 0.112. The third kappa shape index (κ3) is 4.79. The Bertz CT molecular complexity index is 559. The fraction of sp³-hybridized carbons (Fsp3) is 0.235. The van der Waals surface area contributed by atoms with Crippen molar-refractivity contribution in [2.45, 2.75) is 6.54 Å². The first-order chi connectivity index (χ1) is 10.7. The topological polar surface area (TPSA) is 70.8 Å². The van der Waals surface area contributed by atoms with E-state index < -0.39 is 0 Å². The van der Waals surface area contributed by atoms with Crippen molar-refractivity contribution in [2.75, 3.05) is 21.3 Å². The van der Waals surface area contributed by atoms with Gasteiger partial charge in [0.2, 0.25) is 5.75 Å². The quantitative estimate of drug-likeness (QED) is 0.860. The van der Waals surface area contributed by atoms with E-state index in [4.69, 9.17) is 19.9 Å². The van der Waals surface area contributed by atoms with Crippen molar-refractivity contribution in [1.29, 1.82) is 0 Å². The summed E-state index contributed by atoms with van der Waals surface area (Å²) >= 11 is 0. The van der Waals surface area contributed by atoms with Crippen LogP contribution >= 0.6 is 0 Å². The SMILES string of the molecule is COc1cc(C=O)cc(OC)c1OC.NCc1ccccc1. The fourth-order valence-electron chi connectivity index (χ4n) is 1.78. The fourth-order valence-corrected chi connectivity index (χ4v) is 1.78. The minimum Gasteiger partial charge on any atom is -0.493 e. The Balaban J connectivity index is 0.000000255. The maximum Gasteiger partial charge on any atom is 0.203 e. The van der Waals surface area contributed by atoms with Crippen molar-refractivity contribution >= 4 is 6.29 Å². The van der Waals surface area contributed by atoms with Gasteiger partial charge in [-0.3, -0.25) is 4.79 Å². The van der Waals surface area contributed by atoms with Gasteiger partial charge in [0, 0.05) is 12.1 Å². The van der Waals surface area contributed by atoms with Crippen LogP contribution in [0.15, 0.2) is 42.5 Å². The Morgan fingerprint density at radius 2 is 1.50 bits per heavy atom. The molecule has 0 atom stereocenters. The van der Waals surface area contributed by atoms with Crippen LogP contribution in [-0.4, -0.2) is 27.6 Å². The summed E-state index contributed by atoms with van der Waals surface area (Å²) in [6, 6.07) is 13.2.